The molecule has 4 rings (SSSR count). The molecule has 1 atom stereocenters. The van der Waals surface area contributed by atoms with Gasteiger partial charge in [-0.25, -0.2) is 4.39 Å². The lowest BCUT2D eigenvalue weighted by Gasteiger charge is -2.32. The van der Waals surface area contributed by atoms with E-state index in [0.717, 1.165) is 53.1 Å². The first-order valence-electron chi connectivity index (χ1n) is 11.2. The molecule has 0 bridgehead atoms. The number of hydrogen-bond donors (Lipinski definition) is 1. The van der Waals surface area contributed by atoms with Crippen LogP contribution in [0.5, 0.6) is 0 Å². The number of fused-ring (bicyclic) bond motifs is 1. The average molecular weight is 453 g/mol. The highest BCUT2D eigenvalue weighted by molar-refractivity contribution is 7.70. The number of carbonyl (C=O) groups excluding carboxylic acids is 1. The summed E-state index contributed by atoms with van der Waals surface area (Å²) in [6, 6.07) is 14.1. The third-order valence-electron chi connectivity index (χ3n) is 6.83. The molecule has 0 unspecified atom stereocenters. The Balaban J connectivity index is 1.38. The van der Waals surface area contributed by atoms with E-state index in [-0.39, 0.29) is 17.6 Å². The van der Waals surface area contributed by atoms with Gasteiger partial charge < -0.3 is 9.88 Å². The van der Waals surface area contributed by atoms with Crippen LogP contribution < -0.4 is 10.6 Å². The number of hydrogen-bond acceptors (Lipinski definition) is 3. The lowest BCUT2D eigenvalue weighted by Crippen LogP contribution is -2.29. The standard InChI is InChI=1S/C26H30FN2O2P/c1-17(26(30)29-21-9-11-22(12-10-21)32(2,3)31)18-4-6-19(7-5-18)23-14-15-28-25-13-8-20(27)16-24(23)25/h8-19H,4-7H2,1-3H3,(H,29,30)/t17-,18-,19-/m1/s1. The van der Waals surface area contributed by atoms with Gasteiger partial charge in [0.15, 0.2) is 0 Å². The number of nitrogens with one attached hydrogen (secondary N) is 1. The summed E-state index contributed by atoms with van der Waals surface area (Å²) >= 11 is 0. The van der Waals surface area contributed by atoms with Crippen molar-refractivity contribution in [2.45, 2.75) is 38.5 Å². The van der Waals surface area contributed by atoms with Gasteiger partial charge in [0.2, 0.25) is 5.91 Å². The van der Waals surface area contributed by atoms with Gasteiger partial charge in [-0.15, -0.1) is 0 Å². The van der Waals surface area contributed by atoms with Crippen molar-refractivity contribution in [3.05, 3.63) is 66.1 Å². The molecule has 1 N–H and O–H groups in total. The van der Waals surface area contributed by atoms with Crippen LogP contribution in [0.15, 0.2) is 54.7 Å². The smallest absolute Gasteiger partial charge is 0.227 e. The molecule has 32 heavy (non-hydrogen) atoms. The number of carbonyl (C=O) groups is 1. The van der Waals surface area contributed by atoms with Gasteiger partial charge in [0, 0.05) is 28.5 Å². The van der Waals surface area contributed by atoms with E-state index >= 15 is 0 Å². The minimum absolute atomic E-state index is 0.0220. The highest BCUT2D eigenvalue weighted by Crippen LogP contribution is 2.41. The Hall–Kier alpha value is -2.52. The molecule has 4 nitrogen and oxygen atoms in total. The van der Waals surface area contributed by atoms with Crippen molar-refractivity contribution >= 4 is 34.9 Å². The summed E-state index contributed by atoms with van der Waals surface area (Å²) in [6.45, 7) is 5.48. The van der Waals surface area contributed by atoms with Crippen molar-refractivity contribution in [3.8, 4) is 0 Å². The molecule has 0 radical (unpaired) electrons. The van der Waals surface area contributed by atoms with Crippen LogP contribution in [0.1, 0.15) is 44.1 Å². The van der Waals surface area contributed by atoms with E-state index in [4.69, 9.17) is 0 Å². The predicted molar refractivity (Wildman–Crippen MR) is 130 cm³/mol. The largest absolute Gasteiger partial charge is 0.326 e. The van der Waals surface area contributed by atoms with Crippen molar-refractivity contribution in [2.75, 3.05) is 18.6 Å². The van der Waals surface area contributed by atoms with Gasteiger partial charge in [0.05, 0.1) is 5.52 Å². The zero-order valence-corrected chi connectivity index (χ0v) is 19.7. The van der Waals surface area contributed by atoms with Crippen LogP contribution in [-0.2, 0) is 9.36 Å². The van der Waals surface area contributed by atoms with Gasteiger partial charge in [-0.05, 0) is 105 Å². The molecule has 168 valence electrons. The molecule has 1 aliphatic rings. The summed E-state index contributed by atoms with van der Waals surface area (Å²) in [5.41, 5.74) is 2.72. The fraction of sp³-hybridized carbons (Fsp3) is 0.385. The second-order valence-electron chi connectivity index (χ2n) is 9.35. The molecule has 1 heterocycles. The lowest BCUT2D eigenvalue weighted by molar-refractivity contribution is -0.121. The van der Waals surface area contributed by atoms with Crippen LogP contribution in [0.2, 0.25) is 0 Å². The minimum Gasteiger partial charge on any atom is -0.326 e. The van der Waals surface area contributed by atoms with Gasteiger partial charge in [0.1, 0.15) is 13.0 Å². The Morgan fingerprint density at radius 3 is 2.41 bits per heavy atom. The Labute approximate surface area is 189 Å². The summed E-state index contributed by atoms with van der Waals surface area (Å²) in [5.74, 6) is 0.376. The Morgan fingerprint density at radius 1 is 1.06 bits per heavy atom. The van der Waals surface area contributed by atoms with E-state index in [1.54, 1.807) is 31.7 Å². The lowest BCUT2D eigenvalue weighted by atomic mass is 9.73. The van der Waals surface area contributed by atoms with Gasteiger partial charge in [-0.3, -0.25) is 9.78 Å². The third-order valence-corrected chi connectivity index (χ3v) is 8.37. The number of anilines is 1. The van der Waals surface area contributed by atoms with Gasteiger partial charge in [-0.1, -0.05) is 6.92 Å². The summed E-state index contributed by atoms with van der Waals surface area (Å²) in [4.78, 5) is 17.2. The van der Waals surface area contributed by atoms with Gasteiger partial charge >= 0.3 is 0 Å². The fourth-order valence-corrected chi connectivity index (χ4v) is 5.67. The SMILES string of the molecule is C[C@@H](C(=O)Nc1ccc(P(C)(C)=O)cc1)[C@H]1CC[C@H](c2ccnc3ccc(F)cc32)CC1. The van der Waals surface area contributed by atoms with Crippen molar-refractivity contribution in [1.82, 2.24) is 4.98 Å². The van der Waals surface area contributed by atoms with Crippen LogP contribution in [0, 0.1) is 17.7 Å². The molecule has 1 aliphatic carbocycles. The second-order valence-corrected chi connectivity index (χ2v) is 12.6. The summed E-state index contributed by atoms with van der Waals surface area (Å²) in [5, 5.41) is 4.72. The number of amides is 1. The van der Waals surface area contributed by atoms with Crippen molar-refractivity contribution < 1.29 is 13.8 Å². The predicted octanol–water partition coefficient (Wildman–Crippen LogP) is 6.17. The number of pyridine rings is 1. The monoisotopic (exact) mass is 452 g/mol. The molecule has 1 amide bonds. The van der Waals surface area contributed by atoms with Crippen molar-refractivity contribution in [2.24, 2.45) is 11.8 Å². The number of benzene rings is 2. The quantitative estimate of drug-likeness (QED) is 0.471. The van der Waals surface area contributed by atoms with Crippen LogP contribution in [-0.4, -0.2) is 24.2 Å². The van der Waals surface area contributed by atoms with Crippen LogP contribution in [0.4, 0.5) is 10.1 Å². The molecule has 1 fully saturated rings. The molecule has 1 aromatic heterocycles. The van der Waals surface area contributed by atoms with E-state index in [1.165, 1.54) is 6.07 Å². The summed E-state index contributed by atoms with van der Waals surface area (Å²) in [6.07, 6.45) is 5.70. The van der Waals surface area contributed by atoms with Gasteiger partial charge in [0.25, 0.3) is 0 Å². The number of aromatic nitrogens is 1. The first kappa shape index (κ1) is 22.7. The highest BCUT2D eigenvalue weighted by atomic mass is 31.2. The molecular weight excluding hydrogens is 422 g/mol. The molecule has 0 aliphatic heterocycles. The first-order valence-corrected chi connectivity index (χ1v) is 13.8. The maximum Gasteiger partial charge on any atom is 0.227 e. The number of nitrogens with zero attached hydrogens (tertiary/aromatic N) is 1. The molecular formula is C26H30FN2O2P. The topological polar surface area (TPSA) is 59.1 Å². The van der Waals surface area contributed by atoms with E-state index in [1.807, 2.05) is 37.3 Å². The first-order chi connectivity index (χ1) is 15.2. The summed E-state index contributed by atoms with van der Waals surface area (Å²) < 4.78 is 26.0. The summed E-state index contributed by atoms with van der Waals surface area (Å²) in [7, 11) is -2.30. The third kappa shape index (κ3) is 4.94. The van der Waals surface area contributed by atoms with Crippen molar-refractivity contribution in [3.63, 3.8) is 0 Å². The number of halogens is 1. The van der Waals surface area contributed by atoms with E-state index in [2.05, 4.69) is 10.3 Å². The van der Waals surface area contributed by atoms with E-state index in [9.17, 15) is 13.8 Å². The minimum atomic E-state index is -2.30. The highest BCUT2D eigenvalue weighted by Gasteiger charge is 2.30. The molecule has 0 spiro atoms. The maximum absolute atomic E-state index is 13.8. The van der Waals surface area contributed by atoms with Crippen LogP contribution >= 0.6 is 7.14 Å². The van der Waals surface area contributed by atoms with E-state index < -0.39 is 7.14 Å². The second kappa shape index (κ2) is 9.15. The van der Waals surface area contributed by atoms with Crippen LogP contribution in [0.3, 0.4) is 0 Å². The van der Waals surface area contributed by atoms with Crippen molar-refractivity contribution in [1.29, 1.82) is 0 Å². The fourth-order valence-electron chi connectivity index (χ4n) is 4.80. The molecule has 2 aromatic carbocycles. The Morgan fingerprint density at radius 2 is 1.75 bits per heavy atom. The average Bonchev–Trinajstić information content (AvgIpc) is 2.78. The molecule has 1 saturated carbocycles. The van der Waals surface area contributed by atoms with Crippen LogP contribution in [0.25, 0.3) is 10.9 Å². The number of rotatable bonds is 5. The Bertz CT molecular complexity index is 1160. The zero-order chi connectivity index (χ0) is 22.9. The normalized spacial score (nSPS) is 20.1. The zero-order valence-electron chi connectivity index (χ0n) is 18.8. The molecule has 3 aromatic rings. The maximum atomic E-state index is 13.8. The van der Waals surface area contributed by atoms with Gasteiger partial charge in [-0.2, -0.15) is 0 Å². The Kier molecular flexibility index (Phi) is 6.48. The van der Waals surface area contributed by atoms with E-state index in [0.29, 0.717) is 11.8 Å². The molecule has 0 saturated heterocycles. The molecule has 6 heteroatoms.